The summed E-state index contributed by atoms with van der Waals surface area (Å²) in [5, 5.41) is 3.20. The number of halogens is 2. The van der Waals surface area contributed by atoms with Crippen LogP contribution in [0.25, 0.3) is 0 Å². The van der Waals surface area contributed by atoms with Crippen LogP contribution >= 0.6 is 15.9 Å². The average Bonchev–Trinajstić information content (AvgIpc) is 2.42. The summed E-state index contributed by atoms with van der Waals surface area (Å²) in [6.07, 6.45) is 1.60. The number of aromatic nitrogens is 2. The minimum atomic E-state index is -0.256. The molecule has 1 atom stereocenters. The number of nitrogens with zero attached hydrogens (tertiary/aromatic N) is 2. The van der Waals surface area contributed by atoms with Crippen LogP contribution in [0.2, 0.25) is 0 Å². The zero-order valence-corrected chi connectivity index (χ0v) is 11.8. The van der Waals surface area contributed by atoms with Crippen LogP contribution in [0.3, 0.4) is 0 Å². The Hall–Kier alpha value is -1.73. The van der Waals surface area contributed by atoms with Crippen LogP contribution in [0.15, 0.2) is 34.9 Å². The number of benzene rings is 1. The van der Waals surface area contributed by atoms with Crippen LogP contribution in [0.1, 0.15) is 18.5 Å². The smallest absolute Gasteiger partial charge is 0.239 e. The molecule has 1 aromatic heterocycles. The molecule has 0 saturated heterocycles. The molecular weight excluding hydrogens is 313 g/mol. The predicted octanol–water partition coefficient (Wildman–Crippen LogP) is 2.84. The van der Waals surface area contributed by atoms with Crippen LogP contribution in [0.5, 0.6) is 0 Å². The summed E-state index contributed by atoms with van der Waals surface area (Å²) in [5.74, 6) is 5.94. The van der Waals surface area contributed by atoms with Crippen LogP contribution in [-0.4, -0.2) is 9.97 Å². The average molecular weight is 326 g/mol. The normalized spacial score (nSPS) is 12.0. The Bertz CT molecular complexity index is 561. The lowest BCUT2D eigenvalue weighted by Gasteiger charge is -2.16. The number of hydrazine groups is 1. The van der Waals surface area contributed by atoms with Gasteiger partial charge in [0.25, 0.3) is 0 Å². The highest BCUT2D eigenvalue weighted by Gasteiger charge is 2.10. The third-order valence-corrected chi connectivity index (χ3v) is 3.18. The van der Waals surface area contributed by atoms with E-state index in [4.69, 9.17) is 5.84 Å². The fourth-order valence-corrected chi connectivity index (χ4v) is 1.88. The zero-order chi connectivity index (χ0) is 13.8. The van der Waals surface area contributed by atoms with Crippen molar-refractivity contribution < 1.29 is 4.39 Å². The van der Waals surface area contributed by atoms with Crippen molar-refractivity contribution in [1.29, 1.82) is 0 Å². The number of hydrogen-bond donors (Lipinski definition) is 3. The highest BCUT2D eigenvalue weighted by Crippen LogP contribution is 2.25. The quantitative estimate of drug-likeness (QED) is 0.595. The molecule has 5 nitrogen and oxygen atoms in total. The number of anilines is 2. The molecule has 4 N–H and O–H groups in total. The molecule has 0 aliphatic heterocycles. The molecule has 0 fully saturated rings. The summed E-state index contributed by atoms with van der Waals surface area (Å²) >= 11 is 3.36. The lowest BCUT2D eigenvalue weighted by molar-refractivity contribution is 0.626. The Kier molecular flexibility index (Phi) is 4.28. The van der Waals surface area contributed by atoms with E-state index in [0.29, 0.717) is 11.8 Å². The first-order chi connectivity index (χ1) is 9.10. The van der Waals surface area contributed by atoms with E-state index in [1.54, 1.807) is 18.3 Å². The van der Waals surface area contributed by atoms with Crippen LogP contribution < -0.4 is 16.6 Å². The van der Waals surface area contributed by atoms with Gasteiger partial charge < -0.3 is 5.32 Å². The molecule has 1 unspecified atom stereocenters. The van der Waals surface area contributed by atoms with Crippen molar-refractivity contribution >= 4 is 27.7 Å². The molecule has 0 saturated carbocycles. The summed E-state index contributed by atoms with van der Waals surface area (Å²) in [5.41, 5.74) is 3.34. The topological polar surface area (TPSA) is 75.9 Å². The fourth-order valence-electron chi connectivity index (χ4n) is 1.58. The van der Waals surface area contributed by atoms with Crippen molar-refractivity contribution in [3.63, 3.8) is 0 Å². The number of nitrogens with two attached hydrogens (primary N) is 1. The minimum Gasteiger partial charge on any atom is -0.362 e. The molecule has 0 bridgehead atoms. The standard InChI is InChI=1S/C12H13BrFN5/c1-7(8-2-4-9(14)5-3-8)17-11-10(13)6-16-12(18-11)19-15/h2-7H,15H2,1H3,(H2,16,17,18,19). The van der Waals surface area contributed by atoms with Crippen molar-refractivity contribution in [1.82, 2.24) is 9.97 Å². The van der Waals surface area contributed by atoms with Gasteiger partial charge in [-0.1, -0.05) is 12.1 Å². The predicted molar refractivity (Wildman–Crippen MR) is 76.0 cm³/mol. The maximum Gasteiger partial charge on any atom is 0.239 e. The van der Waals surface area contributed by atoms with Gasteiger partial charge in [-0.05, 0) is 40.5 Å². The van der Waals surface area contributed by atoms with Gasteiger partial charge in [-0.2, -0.15) is 4.98 Å². The molecule has 7 heteroatoms. The van der Waals surface area contributed by atoms with E-state index < -0.39 is 0 Å². The molecule has 2 rings (SSSR count). The zero-order valence-electron chi connectivity index (χ0n) is 10.2. The van der Waals surface area contributed by atoms with E-state index in [1.807, 2.05) is 6.92 Å². The lowest BCUT2D eigenvalue weighted by atomic mass is 10.1. The van der Waals surface area contributed by atoms with Gasteiger partial charge in [0.1, 0.15) is 11.6 Å². The third kappa shape index (κ3) is 3.39. The van der Waals surface area contributed by atoms with Gasteiger partial charge in [0.2, 0.25) is 5.95 Å². The van der Waals surface area contributed by atoms with Crippen LogP contribution in [0.4, 0.5) is 16.2 Å². The van der Waals surface area contributed by atoms with E-state index >= 15 is 0 Å². The van der Waals surface area contributed by atoms with Gasteiger partial charge in [-0.3, -0.25) is 5.43 Å². The molecule has 19 heavy (non-hydrogen) atoms. The molecule has 0 aliphatic carbocycles. The molecular formula is C12H13BrFN5. The van der Waals surface area contributed by atoms with Gasteiger partial charge in [-0.15, -0.1) is 0 Å². The largest absolute Gasteiger partial charge is 0.362 e. The minimum absolute atomic E-state index is 0.0302. The van der Waals surface area contributed by atoms with Crippen LogP contribution in [0, 0.1) is 5.82 Å². The summed E-state index contributed by atoms with van der Waals surface area (Å²) < 4.78 is 13.6. The van der Waals surface area contributed by atoms with E-state index in [9.17, 15) is 4.39 Å². The first-order valence-corrected chi connectivity index (χ1v) is 6.40. The van der Waals surface area contributed by atoms with E-state index in [2.05, 4.69) is 36.6 Å². The van der Waals surface area contributed by atoms with Gasteiger partial charge in [-0.25, -0.2) is 15.2 Å². The SMILES string of the molecule is CC(Nc1nc(NN)ncc1Br)c1ccc(F)cc1. The first kappa shape index (κ1) is 13.7. The molecule has 2 aromatic rings. The molecule has 0 aliphatic rings. The molecule has 0 radical (unpaired) electrons. The Morgan fingerprint density at radius 3 is 2.63 bits per heavy atom. The summed E-state index contributed by atoms with van der Waals surface area (Å²) in [6, 6.07) is 6.27. The summed E-state index contributed by atoms with van der Waals surface area (Å²) in [7, 11) is 0. The molecule has 100 valence electrons. The Balaban J connectivity index is 2.18. The number of nitrogens with one attached hydrogen (secondary N) is 2. The monoisotopic (exact) mass is 325 g/mol. The fraction of sp³-hybridized carbons (Fsp3) is 0.167. The third-order valence-electron chi connectivity index (χ3n) is 2.60. The van der Waals surface area contributed by atoms with Crippen LogP contribution in [-0.2, 0) is 0 Å². The summed E-state index contributed by atoms with van der Waals surface area (Å²) in [4.78, 5) is 8.16. The Labute approximate surface area is 118 Å². The molecule has 1 aromatic carbocycles. The van der Waals surface area contributed by atoms with Gasteiger partial charge in [0.15, 0.2) is 0 Å². The second-order valence-corrected chi connectivity index (χ2v) is 4.81. The van der Waals surface area contributed by atoms with Crippen molar-refractivity contribution in [2.45, 2.75) is 13.0 Å². The van der Waals surface area contributed by atoms with E-state index in [1.165, 1.54) is 12.1 Å². The van der Waals surface area contributed by atoms with Crippen molar-refractivity contribution in [2.75, 3.05) is 10.7 Å². The number of hydrogen-bond acceptors (Lipinski definition) is 5. The lowest BCUT2D eigenvalue weighted by Crippen LogP contribution is -2.13. The maximum atomic E-state index is 12.9. The number of nitrogen functional groups attached to an aromatic ring is 1. The molecule has 0 spiro atoms. The van der Waals surface area contributed by atoms with Gasteiger partial charge in [0.05, 0.1) is 4.47 Å². The molecule has 1 heterocycles. The maximum absolute atomic E-state index is 12.9. The second-order valence-electron chi connectivity index (χ2n) is 3.95. The summed E-state index contributed by atoms with van der Waals surface area (Å²) in [6.45, 7) is 1.96. The van der Waals surface area contributed by atoms with Gasteiger partial charge in [0, 0.05) is 12.2 Å². The van der Waals surface area contributed by atoms with Gasteiger partial charge >= 0.3 is 0 Å². The van der Waals surface area contributed by atoms with E-state index in [-0.39, 0.29) is 11.9 Å². The highest BCUT2D eigenvalue weighted by molar-refractivity contribution is 9.10. The molecule has 0 amide bonds. The second kappa shape index (κ2) is 5.94. The first-order valence-electron chi connectivity index (χ1n) is 5.61. The van der Waals surface area contributed by atoms with Crippen molar-refractivity contribution in [2.24, 2.45) is 5.84 Å². The Morgan fingerprint density at radius 2 is 2.00 bits per heavy atom. The Morgan fingerprint density at radius 1 is 1.32 bits per heavy atom. The number of rotatable bonds is 4. The van der Waals surface area contributed by atoms with E-state index in [0.717, 1.165) is 10.0 Å². The van der Waals surface area contributed by atoms with Crippen molar-refractivity contribution in [3.05, 3.63) is 46.3 Å². The highest BCUT2D eigenvalue weighted by atomic mass is 79.9. The van der Waals surface area contributed by atoms with Crippen molar-refractivity contribution in [3.8, 4) is 0 Å².